The fraction of sp³-hybridized carbons (Fsp3) is 0.464. The van der Waals surface area contributed by atoms with Crippen LogP contribution in [0.1, 0.15) is 38.3 Å². The number of likely N-dealkylation sites (tertiary alicyclic amines) is 1. The van der Waals surface area contributed by atoms with Crippen LogP contribution < -0.4 is 0 Å². The van der Waals surface area contributed by atoms with Crippen molar-refractivity contribution in [1.82, 2.24) is 4.90 Å². The Labute approximate surface area is 222 Å². The van der Waals surface area contributed by atoms with Gasteiger partial charge in [0, 0.05) is 6.54 Å². The van der Waals surface area contributed by atoms with Gasteiger partial charge in [0.05, 0.1) is 23.6 Å². The highest BCUT2D eigenvalue weighted by atomic mass is 32.2. The van der Waals surface area contributed by atoms with E-state index >= 15 is 0 Å². The third-order valence-electron chi connectivity index (χ3n) is 7.00. The molecule has 7 nitrogen and oxygen atoms in total. The Kier molecular flexibility index (Phi) is 9.39. The summed E-state index contributed by atoms with van der Waals surface area (Å²) in [5, 5.41) is 0.0394. The number of carbonyl (C=O) groups is 1. The molecule has 1 fully saturated rings. The molecule has 2 atom stereocenters. The average Bonchev–Trinajstić information content (AvgIpc) is 3.22. The average molecular weight is 546 g/mol. The predicted octanol–water partition coefficient (Wildman–Crippen LogP) is 6.06. The van der Waals surface area contributed by atoms with E-state index in [-0.39, 0.29) is 35.3 Å². The standard InChI is InChI=1S/C28H39NO6SSi/c1-22-14-16-26(17-15-22)36(31,32)34-18-10-13-24-19-25(35-37(5,6)28(2,3)4)20-29(24)27(30)33-21-23-11-8-7-9-12-23/h7-17,24-25H,18-21H2,1-6H3/t24-,25-/m1/s1. The molecule has 1 aliphatic rings. The molecule has 0 spiro atoms. The Balaban J connectivity index is 1.67. The highest BCUT2D eigenvalue weighted by Crippen LogP contribution is 2.39. The Hall–Kier alpha value is -2.46. The van der Waals surface area contributed by atoms with Gasteiger partial charge in [0.1, 0.15) is 6.61 Å². The number of carbonyl (C=O) groups excluding carboxylic acids is 1. The molecule has 0 N–H and O–H groups in total. The number of aryl methyl sites for hydroxylation is 1. The van der Waals surface area contributed by atoms with Gasteiger partial charge in [-0.05, 0) is 49.2 Å². The van der Waals surface area contributed by atoms with Gasteiger partial charge in [0.2, 0.25) is 0 Å². The first kappa shape index (κ1) is 29.1. The lowest BCUT2D eigenvalue weighted by atomic mass is 10.2. The van der Waals surface area contributed by atoms with Gasteiger partial charge >= 0.3 is 6.09 Å². The zero-order valence-corrected chi connectivity index (χ0v) is 24.5. The summed E-state index contributed by atoms with van der Waals surface area (Å²) in [4.78, 5) is 14.8. The second-order valence-electron chi connectivity index (χ2n) is 11.0. The van der Waals surface area contributed by atoms with Crippen molar-refractivity contribution in [3.63, 3.8) is 0 Å². The molecule has 0 unspecified atom stereocenters. The monoisotopic (exact) mass is 545 g/mol. The maximum atomic E-state index is 13.0. The summed E-state index contributed by atoms with van der Waals surface area (Å²) < 4.78 is 42.3. The Bertz CT molecular complexity index is 1170. The van der Waals surface area contributed by atoms with E-state index in [1.165, 1.54) is 12.1 Å². The molecule has 37 heavy (non-hydrogen) atoms. The van der Waals surface area contributed by atoms with Gasteiger partial charge in [-0.15, -0.1) is 0 Å². The van der Waals surface area contributed by atoms with E-state index in [2.05, 4.69) is 33.9 Å². The van der Waals surface area contributed by atoms with Crippen molar-refractivity contribution in [2.24, 2.45) is 0 Å². The number of hydrogen-bond donors (Lipinski definition) is 0. The minimum atomic E-state index is -3.87. The van der Waals surface area contributed by atoms with Crippen molar-refractivity contribution >= 4 is 24.5 Å². The van der Waals surface area contributed by atoms with Gasteiger partial charge < -0.3 is 9.16 Å². The summed E-state index contributed by atoms with van der Waals surface area (Å²) in [7, 11) is -5.92. The minimum absolute atomic E-state index is 0.0394. The molecule has 2 aromatic carbocycles. The number of amides is 1. The molecular formula is C28H39NO6SSi. The third-order valence-corrected chi connectivity index (χ3v) is 12.8. The number of benzene rings is 2. The summed E-state index contributed by atoms with van der Waals surface area (Å²) in [5.74, 6) is 0. The van der Waals surface area contributed by atoms with Crippen LogP contribution in [-0.2, 0) is 30.1 Å². The first-order chi connectivity index (χ1) is 17.3. The topological polar surface area (TPSA) is 82.1 Å². The SMILES string of the molecule is Cc1ccc(S(=O)(=O)OCC=C[C@@H]2C[C@@H](O[Si](C)(C)C(C)(C)C)CN2C(=O)OCc2ccccc2)cc1. The molecule has 9 heteroatoms. The summed E-state index contributed by atoms with van der Waals surface area (Å²) in [6.07, 6.45) is 3.50. The molecule has 1 aliphatic heterocycles. The van der Waals surface area contributed by atoms with Crippen LogP contribution in [0.25, 0.3) is 0 Å². The molecular weight excluding hydrogens is 506 g/mol. The number of hydrogen-bond acceptors (Lipinski definition) is 6. The molecule has 202 valence electrons. The second kappa shape index (κ2) is 11.9. The van der Waals surface area contributed by atoms with Crippen LogP contribution in [0.3, 0.4) is 0 Å². The highest BCUT2D eigenvalue weighted by molar-refractivity contribution is 7.86. The van der Waals surface area contributed by atoms with Crippen molar-refractivity contribution in [2.75, 3.05) is 13.2 Å². The zero-order chi connectivity index (χ0) is 27.3. The maximum absolute atomic E-state index is 13.0. The van der Waals surface area contributed by atoms with Gasteiger partial charge in [0.15, 0.2) is 8.32 Å². The number of ether oxygens (including phenoxy) is 1. The molecule has 1 saturated heterocycles. The summed E-state index contributed by atoms with van der Waals surface area (Å²) in [5.41, 5.74) is 1.87. The maximum Gasteiger partial charge on any atom is 0.410 e. The lowest BCUT2D eigenvalue weighted by Gasteiger charge is -2.38. The molecule has 0 aliphatic carbocycles. The van der Waals surface area contributed by atoms with E-state index < -0.39 is 24.5 Å². The van der Waals surface area contributed by atoms with Crippen LogP contribution in [0.5, 0.6) is 0 Å². The van der Waals surface area contributed by atoms with E-state index in [4.69, 9.17) is 13.3 Å². The van der Waals surface area contributed by atoms with E-state index in [0.29, 0.717) is 13.0 Å². The summed E-state index contributed by atoms with van der Waals surface area (Å²) in [6.45, 7) is 13.3. The number of nitrogens with zero attached hydrogens (tertiary/aromatic N) is 1. The largest absolute Gasteiger partial charge is 0.445 e. The fourth-order valence-electron chi connectivity index (χ4n) is 3.81. The highest BCUT2D eigenvalue weighted by Gasteiger charge is 2.43. The van der Waals surface area contributed by atoms with E-state index in [1.54, 1.807) is 23.1 Å². The summed E-state index contributed by atoms with van der Waals surface area (Å²) >= 11 is 0. The molecule has 0 bridgehead atoms. The minimum Gasteiger partial charge on any atom is -0.445 e. The van der Waals surface area contributed by atoms with Crippen LogP contribution >= 0.6 is 0 Å². The molecule has 0 saturated carbocycles. The third kappa shape index (κ3) is 8.01. The van der Waals surface area contributed by atoms with Crippen molar-refractivity contribution in [3.05, 3.63) is 77.9 Å². The van der Waals surface area contributed by atoms with Crippen LogP contribution in [-0.4, -0.2) is 53.0 Å². The van der Waals surface area contributed by atoms with Gasteiger partial charge in [-0.3, -0.25) is 9.08 Å². The Morgan fingerprint density at radius 3 is 2.35 bits per heavy atom. The molecule has 3 rings (SSSR count). The lowest BCUT2D eigenvalue weighted by Crippen LogP contribution is -2.44. The van der Waals surface area contributed by atoms with Crippen molar-refractivity contribution in [3.8, 4) is 0 Å². The van der Waals surface area contributed by atoms with Crippen LogP contribution in [0.15, 0.2) is 71.6 Å². The molecule has 0 radical (unpaired) electrons. The van der Waals surface area contributed by atoms with Gasteiger partial charge in [0.25, 0.3) is 10.1 Å². The first-order valence-electron chi connectivity index (χ1n) is 12.6. The van der Waals surface area contributed by atoms with Gasteiger partial charge in [-0.25, -0.2) is 4.79 Å². The van der Waals surface area contributed by atoms with E-state index in [1.807, 2.05) is 43.3 Å². The Morgan fingerprint density at radius 1 is 1.08 bits per heavy atom. The lowest BCUT2D eigenvalue weighted by molar-refractivity contribution is 0.0926. The van der Waals surface area contributed by atoms with Crippen molar-refractivity contribution in [1.29, 1.82) is 0 Å². The zero-order valence-electron chi connectivity index (χ0n) is 22.6. The van der Waals surface area contributed by atoms with E-state index in [9.17, 15) is 13.2 Å². The summed E-state index contributed by atoms with van der Waals surface area (Å²) in [6, 6.07) is 15.7. The van der Waals surface area contributed by atoms with Crippen molar-refractivity contribution < 1.29 is 26.6 Å². The molecule has 2 aromatic rings. The van der Waals surface area contributed by atoms with E-state index in [0.717, 1.165) is 11.1 Å². The molecule has 1 amide bonds. The first-order valence-corrected chi connectivity index (χ1v) is 16.9. The normalized spacial score (nSPS) is 18.9. The van der Waals surface area contributed by atoms with Crippen LogP contribution in [0, 0.1) is 6.92 Å². The quantitative estimate of drug-likeness (QED) is 0.216. The smallest absolute Gasteiger partial charge is 0.410 e. The van der Waals surface area contributed by atoms with Gasteiger partial charge in [-0.1, -0.05) is 81.0 Å². The molecule has 0 aromatic heterocycles. The fourth-order valence-corrected chi connectivity index (χ4v) is 6.03. The van der Waals surface area contributed by atoms with Gasteiger partial charge in [-0.2, -0.15) is 8.42 Å². The second-order valence-corrected chi connectivity index (χ2v) is 17.3. The molecule has 1 heterocycles. The number of rotatable bonds is 9. The Morgan fingerprint density at radius 2 is 1.73 bits per heavy atom. The van der Waals surface area contributed by atoms with Crippen LogP contribution in [0.2, 0.25) is 18.1 Å². The van der Waals surface area contributed by atoms with Crippen molar-refractivity contribution in [2.45, 2.75) is 75.9 Å². The predicted molar refractivity (Wildman–Crippen MR) is 147 cm³/mol. The van der Waals surface area contributed by atoms with Crippen LogP contribution in [0.4, 0.5) is 4.79 Å².